The quantitative estimate of drug-likeness (QED) is 0.284. The maximum absolute atomic E-state index is 12.4. The van der Waals surface area contributed by atoms with Crippen molar-refractivity contribution >= 4 is 35.8 Å². The van der Waals surface area contributed by atoms with E-state index in [-0.39, 0.29) is 29.9 Å². The molecule has 154 valence electrons. The van der Waals surface area contributed by atoms with Crippen LogP contribution in [0.1, 0.15) is 29.5 Å². The molecule has 9 heteroatoms. The number of rotatable bonds is 6. The lowest BCUT2D eigenvalue weighted by Crippen LogP contribution is -2.53. The molecule has 1 aliphatic heterocycles. The Hall–Kier alpha value is -2.04. The van der Waals surface area contributed by atoms with Crippen molar-refractivity contribution in [2.24, 2.45) is 12.0 Å². The number of nitrogens with zero attached hydrogens (tertiary/aromatic N) is 5. The lowest BCUT2D eigenvalue weighted by Gasteiger charge is -2.36. The van der Waals surface area contributed by atoms with E-state index in [9.17, 15) is 4.79 Å². The highest BCUT2D eigenvalue weighted by atomic mass is 127. The van der Waals surface area contributed by atoms with Crippen LogP contribution >= 0.6 is 24.0 Å². The van der Waals surface area contributed by atoms with Gasteiger partial charge in [-0.25, -0.2) is 0 Å². The first kappa shape index (κ1) is 22.3. The van der Waals surface area contributed by atoms with Crippen molar-refractivity contribution in [2.45, 2.75) is 19.8 Å². The molecule has 2 aromatic heterocycles. The molecule has 3 heterocycles. The minimum atomic E-state index is -0.0435. The molecule has 0 spiro atoms. The van der Waals surface area contributed by atoms with Crippen LogP contribution in [-0.4, -0.2) is 70.7 Å². The van der Waals surface area contributed by atoms with Gasteiger partial charge in [0, 0.05) is 52.5 Å². The second-order valence-corrected chi connectivity index (χ2v) is 6.62. The molecular weight excluding hydrogens is 471 g/mol. The normalized spacial score (nSPS) is 14.7. The molecule has 1 aliphatic rings. The number of guanidine groups is 1. The van der Waals surface area contributed by atoms with Gasteiger partial charge in [0.05, 0.1) is 12.5 Å². The molecule has 0 bridgehead atoms. The maximum Gasteiger partial charge on any atom is 0.289 e. The number of hydrogen-bond donors (Lipinski definition) is 1. The summed E-state index contributed by atoms with van der Waals surface area (Å²) in [4.78, 5) is 21.2. The van der Waals surface area contributed by atoms with E-state index in [0.717, 1.165) is 45.0 Å². The third kappa shape index (κ3) is 5.98. The maximum atomic E-state index is 12.4. The van der Waals surface area contributed by atoms with E-state index in [1.807, 2.05) is 29.0 Å². The highest BCUT2D eigenvalue weighted by Crippen LogP contribution is 2.10. The zero-order valence-electron chi connectivity index (χ0n) is 16.5. The Morgan fingerprint density at radius 3 is 2.64 bits per heavy atom. The minimum absolute atomic E-state index is 0. The summed E-state index contributed by atoms with van der Waals surface area (Å²) in [5, 5.41) is 7.56. The van der Waals surface area contributed by atoms with Crippen LogP contribution in [0.5, 0.6) is 0 Å². The molecule has 0 aromatic carbocycles. The van der Waals surface area contributed by atoms with Gasteiger partial charge in [0.25, 0.3) is 5.91 Å². The Morgan fingerprint density at radius 1 is 1.29 bits per heavy atom. The van der Waals surface area contributed by atoms with Crippen LogP contribution in [0.15, 0.2) is 40.2 Å². The van der Waals surface area contributed by atoms with Gasteiger partial charge in [0.2, 0.25) is 0 Å². The fourth-order valence-corrected chi connectivity index (χ4v) is 3.17. The van der Waals surface area contributed by atoms with E-state index in [1.54, 1.807) is 12.1 Å². The monoisotopic (exact) mass is 500 g/mol. The van der Waals surface area contributed by atoms with Crippen LogP contribution in [0, 0.1) is 0 Å². The summed E-state index contributed by atoms with van der Waals surface area (Å²) in [7, 11) is 1.93. The molecular formula is C19H29IN6O2. The molecule has 2 aromatic rings. The number of carbonyl (C=O) groups excluding carboxylic acids is 1. The Bertz CT molecular complexity index is 750. The first-order valence-corrected chi connectivity index (χ1v) is 9.51. The van der Waals surface area contributed by atoms with Crippen LogP contribution in [-0.2, 0) is 13.5 Å². The molecule has 0 atom stereocenters. The fraction of sp³-hybridized carbons (Fsp3) is 0.526. The van der Waals surface area contributed by atoms with Gasteiger partial charge < -0.3 is 19.5 Å². The van der Waals surface area contributed by atoms with Crippen molar-refractivity contribution in [3.05, 3.63) is 42.1 Å². The van der Waals surface area contributed by atoms with Gasteiger partial charge in [-0.15, -0.1) is 24.0 Å². The van der Waals surface area contributed by atoms with Gasteiger partial charge >= 0.3 is 0 Å². The number of piperazine rings is 1. The average Bonchev–Trinajstić information content (AvgIpc) is 3.36. The van der Waals surface area contributed by atoms with E-state index in [1.165, 1.54) is 11.8 Å². The van der Waals surface area contributed by atoms with Crippen molar-refractivity contribution in [3.63, 3.8) is 0 Å². The molecule has 28 heavy (non-hydrogen) atoms. The second-order valence-electron chi connectivity index (χ2n) is 6.62. The molecule has 0 unspecified atom stereocenters. The van der Waals surface area contributed by atoms with E-state index >= 15 is 0 Å². The highest BCUT2D eigenvalue weighted by molar-refractivity contribution is 14.0. The fourth-order valence-electron chi connectivity index (χ4n) is 3.17. The summed E-state index contributed by atoms with van der Waals surface area (Å²) in [6.45, 7) is 6.53. The molecule has 1 N–H and O–H groups in total. The topological polar surface area (TPSA) is 78.9 Å². The number of carbonyl (C=O) groups is 1. The Morgan fingerprint density at radius 2 is 2.04 bits per heavy atom. The molecule has 8 nitrogen and oxygen atoms in total. The van der Waals surface area contributed by atoms with Crippen molar-refractivity contribution in [1.82, 2.24) is 24.9 Å². The van der Waals surface area contributed by atoms with Crippen LogP contribution < -0.4 is 5.32 Å². The molecule has 0 aliphatic carbocycles. The van der Waals surface area contributed by atoms with Crippen molar-refractivity contribution in [1.29, 1.82) is 0 Å². The molecule has 1 saturated heterocycles. The van der Waals surface area contributed by atoms with Crippen LogP contribution in [0.3, 0.4) is 0 Å². The van der Waals surface area contributed by atoms with Gasteiger partial charge in [0.15, 0.2) is 11.7 Å². The number of aliphatic imine (C=N–C) groups is 1. The van der Waals surface area contributed by atoms with E-state index in [0.29, 0.717) is 18.8 Å². The predicted octanol–water partition coefficient (Wildman–Crippen LogP) is 1.99. The zero-order chi connectivity index (χ0) is 19.1. The standard InChI is InChI=1S/C19H28N6O2.HI/c1-3-20-19(21-8-4-6-16-14-22-23(2)15-16)25-11-9-24(10-12-25)18(26)17-7-5-13-27-17;/h5,7,13-15H,3-4,6,8-12H2,1-2H3,(H,20,21);1H. The smallest absolute Gasteiger partial charge is 0.289 e. The van der Waals surface area contributed by atoms with Crippen molar-refractivity contribution in [2.75, 3.05) is 39.3 Å². The lowest BCUT2D eigenvalue weighted by molar-refractivity contribution is 0.0657. The Balaban J connectivity index is 0.00000280. The molecule has 0 radical (unpaired) electrons. The van der Waals surface area contributed by atoms with Crippen LogP contribution in [0.4, 0.5) is 0 Å². The van der Waals surface area contributed by atoms with Gasteiger partial charge in [-0.1, -0.05) is 0 Å². The van der Waals surface area contributed by atoms with E-state index < -0.39 is 0 Å². The summed E-state index contributed by atoms with van der Waals surface area (Å²) in [6.07, 6.45) is 7.44. The Kier molecular flexibility index (Phi) is 8.81. The van der Waals surface area contributed by atoms with Gasteiger partial charge in [-0.3, -0.25) is 14.5 Å². The molecule has 3 rings (SSSR count). The van der Waals surface area contributed by atoms with Gasteiger partial charge in [0.1, 0.15) is 0 Å². The average molecular weight is 500 g/mol. The predicted molar refractivity (Wildman–Crippen MR) is 119 cm³/mol. The summed E-state index contributed by atoms with van der Waals surface area (Å²) in [5.41, 5.74) is 1.24. The third-order valence-corrected chi connectivity index (χ3v) is 4.58. The number of amides is 1. The minimum Gasteiger partial charge on any atom is -0.459 e. The van der Waals surface area contributed by atoms with Crippen molar-refractivity contribution in [3.8, 4) is 0 Å². The highest BCUT2D eigenvalue weighted by Gasteiger charge is 2.25. The lowest BCUT2D eigenvalue weighted by atomic mass is 10.2. The van der Waals surface area contributed by atoms with E-state index in [2.05, 4.69) is 22.2 Å². The van der Waals surface area contributed by atoms with Crippen molar-refractivity contribution < 1.29 is 9.21 Å². The summed E-state index contributed by atoms with van der Waals surface area (Å²) in [6, 6.07) is 3.45. The summed E-state index contributed by atoms with van der Waals surface area (Å²) < 4.78 is 7.04. The number of hydrogen-bond acceptors (Lipinski definition) is 4. The number of furan rings is 1. The van der Waals surface area contributed by atoms with Crippen LogP contribution in [0.2, 0.25) is 0 Å². The first-order valence-electron chi connectivity index (χ1n) is 9.51. The summed E-state index contributed by atoms with van der Waals surface area (Å²) in [5.74, 6) is 1.28. The largest absolute Gasteiger partial charge is 0.459 e. The Labute approximate surface area is 183 Å². The summed E-state index contributed by atoms with van der Waals surface area (Å²) >= 11 is 0. The molecule has 1 amide bonds. The molecule has 1 fully saturated rings. The third-order valence-electron chi connectivity index (χ3n) is 4.58. The number of nitrogens with one attached hydrogen (secondary N) is 1. The van der Waals surface area contributed by atoms with E-state index in [4.69, 9.17) is 9.41 Å². The van der Waals surface area contributed by atoms with Gasteiger partial charge in [-0.2, -0.15) is 5.10 Å². The first-order chi connectivity index (χ1) is 13.2. The SMILES string of the molecule is CCNC(=NCCCc1cnn(C)c1)N1CCN(C(=O)c2ccco2)CC1.I. The zero-order valence-corrected chi connectivity index (χ0v) is 18.8. The number of halogens is 1. The van der Waals surface area contributed by atoms with Crippen LogP contribution in [0.25, 0.3) is 0 Å². The number of aromatic nitrogens is 2. The molecule has 0 saturated carbocycles. The second kappa shape index (κ2) is 11.1. The number of aryl methyl sites for hydroxylation is 2. The van der Waals surface area contributed by atoms with Gasteiger partial charge in [-0.05, 0) is 37.5 Å².